The topological polar surface area (TPSA) is 58.4 Å². The van der Waals surface area contributed by atoms with E-state index in [1.165, 1.54) is 17.7 Å². The third kappa shape index (κ3) is 2.65. The highest BCUT2D eigenvalue weighted by atomic mass is 16.4. The summed E-state index contributed by atoms with van der Waals surface area (Å²) < 4.78 is 2.09. The van der Waals surface area contributed by atoms with Gasteiger partial charge in [-0.3, -0.25) is 9.69 Å². The molecule has 0 spiro atoms. The minimum atomic E-state index is -0.674. The smallest absolute Gasteiger partial charge is 0.307 e. The lowest BCUT2D eigenvalue weighted by Gasteiger charge is -2.14. The summed E-state index contributed by atoms with van der Waals surface area (Å²) in [5.74, 6) is -0.896. The maximum atomic E-state index is 11.1. The number of rotatable bonds is 4. The predicted molar refractivity (Wildman–Crippen MR) is 86.6 cm³/mol. The van der Waals surface area contributed by atoms with E-state index in [9.17, 15) is 4.79 Å². The predicted octanol–water partition coefficient (Wildman–Crippen LogP) is 2.27. The summed E-state index contributed by atoms with van der Waals surface area (Å²) in [5, 5.41) is 14.0. The summed E-state index contributed by atoms with van der Waals surface area (Å²) in [6.45, 7) is 2.26. The maximum absolute atomic E-state index is 11.1. The fraction of sp³-hybridized carbons (Fsp3) is 0.444. The van der Waals surface area contributed by atoms with E-state index in [4.69, 9.17) is 10.2 Å². The molecule has 0 bridgehead atoms. The van der Waals surface area contributed by atoms with Gasteiger partial charge in [-0.1, -0.05) is 18.2 Å². The number of aromatic nitrogens is 2. The second kappa shape index (κ2) is 5.81. The second-order valence-corrected chi connectivity index (χ2v) is 6.53. The lowest BCUT2D eigenvalue weighted by atomic mass is 10.1. The molecule has 2 aliphatic rings. The highest BCUT2D eigenvalue weighted by Gasteiger charge is 2.30. The van der Waals surface area contributed by atoms with E-state index in [0.29, 0.717) is 6.54 Å². The lowest BCUT2D eigenvalue weighted by molar-refractivity contribution is -0.141. The normalized spacial score (nSPS) is 20.8. The first-order valence-corrected chi connectivity index (χ1v) is 8.32. The van der Waals surface area contributed by atoms with Gasteiger partial charge in [-0.25, -0.2) is 4.68 Å². The second-order valence-electron chi connectivity index (χ2n) is 6.53. The van der Waals surface area contributed by atoms with Crippen molar-refractivity contribution in [2.75, 3.05) is 13.1 Å². The Hall–Kier alpha value is -2.14. The number of benzene rings is 1. The van der Waals surface area contributed by atoms with Gasteiger partial charge in [0.25, 0.3) is 0 Å². The Labute approximate surface area is 135 Å². The zero-order valence-corrected chi connectivity index (χ0v) is 13.1. The van der Waals surface area contributed by atoms with Crippen LogP contribution in [0, 0.1) is 5.92 Å². The Kier molecular flexibility index (Phi) is 3.65. The summed E-state index contributed by atoms with van der Waals surface area (Å²) in [7, 11) is 0. The van der Waals surface area contributed by atoms with Crippen LogP contribution in [0.3, 0.4) is 0 Å². The molecule has 5 heteroatoms. The molecule has 2 heterocycles. The first kappa shape index (κ1) is 14.5. The fourth-order valence-corrected chi connectivity index (χ4v) is 3.81. The van der Waals surface area contributed by atoms with E-state index in [0.717, 1.165) is 43.7 Å². The minimum Gasteiger partial charge on any atom is -0.481 e. The van der Waals surface area contributed by atoms with Gasteiger partial charge >= 0.3 is 5.97 Å². The van der Waals surface area contributed by atoms with E-state index >= 15 is 0 Å². The van der Waals surface area contributed by atoms with Crippen molar-refractivity contribution < 1.29 is 9.90 Å². The third-order valence-electron chi connectivity index (χ3n) is 5.01. The molecule has 0 amide bonds. The minimum absolute atomic E-state index is 0.223. The van der Waals surface area contributed by atoms with Gasteiger partial charge in [0.1, 0.15) is 0 Å². The van der Waals surface area contributed by atoms with Crippen LogP contribution in [0.25, 0.3) is 5.69 Å². The molecule has 1 unspecified atom stereocenters. The Bertz CT molecular complexity index is 723. The molecule has 1 aliphatic heterocycles. The average molecular weight is 311 g/mol. The first-order chi connectivity index (χ1) is 11.2. The fourth-order valence-electron chi connectivity index (χ4n) is 3.81. The number of likely N-dealkylation sites (tertiary alicyclic amines) is 1. The summed E-state index contributed by atoms with van der Waals surface area (Å²) >= 11 is 0. The molecular weight excluding hydrogens is 290 g/mol. The number of carbonyl (C=O) groups is 1. The molecule has 1 aliphatic carbocycles. The Morgan fingerprint density at radius 3 is 2.83 bits per heavy atom. The van der Waals surface area contributed by atoms with Gasteiger partial charge < -0.3 is 5.11 Å². The largest absolute Gasteiger partial charge is 0.481 e. The number of para-hydroxylation sites is 1. The zero-order valence-electron chi connectivity index (χ0n) is 13.1. The molecule has 4 rings (SSSR count). The highest BCUT2D eigenvalue weighted by molar-refractivity contribution is 5.70. The number of nitrogens with zero attached hydrogens (tertiary/aromatic N) is 3. The van der Waals surface area contributed by atoms with Crippen molar-refractivity contribution in [1.29, 1.82) is 0 Å². The Morgan fingerprint density at radius 1 is 1.26 bits per heavy atom. The average Bonchev–Trinajstić information content (AvgIpc) is 3.26. The van der Waals surface area contributed by atoms with Gasteiger partial charge in [0.15, 0.2) is 0 Å². The van der Waals surface area contributed by atoms with Gasteiger partial charge in [-0.15, -0.1) is 0 Å². The molecule has 0 radical (unpaired) electrons. The molecule has 1 atom stereocenters. The molecule has 5 nitrogen and oxygen atoms in total. The zero-order chi connectivity index (χ0) is 15.8. The number of carboxylic acid groups (broad SMARTS) is 1. The standard InChI is InChI=1S/C18H21N3O2/c22-18(23)13-9-10-20(11-13)12-16-15-7-4-8-17(15)21(19-16)14-5-2-1-3-6-14/h1-3,5-6,13H,4,7-12H2,(H,22,23). The monoisotopic (exact) mass is 311 g/mol. The van der Waals surface area contributed by atoms with Crippen LogP contribution >= 0.6 is 0 Å². The molecule has 23 heavy (non-hydrogen) atoms. The molecule has 1 N–H and O–H groups in total. The van der Waals surface area contributed by atoms with Crippen LogP contribution in [0.5, 0.6) is 0 Å². The van der Waals surface area contributed by atoms with Crippen LogP contribution in [0.15, 0.2) is 30.3 Å². The molecule has 1 fully saturated rings. The first-order valence-electron chi connectivity index (χ1n) is 8.32. The van der Waals surface area contributed by atoms with Crippen LogP contribution in [-0.4, -0.2) is 38.8 Å². The van der Waals surface area contributed by atoms with Gasteiger partial charge in [0, 0.05) is 18.8 Å². The quantitative estimate of drug-likeness (QED) is 0.941. The van der Waals surface area contributed by atoms with E-state index in [2.05, 4.69) is 21.7 Å². The van der Waals surface area contributed by atoms with Gasteiger partial charge in [-0.2, -0.15) is 5.10 Å². The lowest BCUT2D eigenvalue weighted by Crippen LogP contribution is -2.23. The summed E-state index contributed by atoms with van der Waals surface area (Å²) in [5.41, 5.74) is 4.96. The molecule has 1 saturated heterocycles. The van der Waals surface area contributed by atoms with Gasteiger partial charge in [-0.05, 0) is 49.9 Å². The summed E-state index contributed by atoms with van der Waals surface area (Å²) in [6.07, 6.45) is 4.10. The summed E-state index contributed by atoms with van der Waals surface area (Å²) in [6, 6.07) is 10.3. The number of hydrogen-bond donors (Lipinski definition) is 1. The molecule has 1 aromatic carbocycles. The number of hydrogen-bond acceptors (Lipinski definition) is 3. The van der Waals surface area contributed by atoms with Crippen molar-refractivity contribution in [1.82, 2.24) is 14.7 Å². The van der Waals surface area contributed by atoms with Crippen molar-refractivity contribution >= 4 is 5.97 Å². The van der Waals surface area contributed by atoms with Gasteiger partial charge in [0.2, 0.25) is 0 Å². The van der Waals surface area contributed by atoms with Gasteiger partial charge in [0.05, 0.1) is 17.3 Å². The van der Waals surface area contributed by atoms with E-state index < -0.39 is 5.97 Å². The Morgan fingerprint density at radius 2 is 2.09 bits per heavy atom. The van der Waals surface area contributed by atoms with Crippen molar-refractivity contribution in [2.45, 2.75) is 32.2 Å². The van der Waals surface area contributed by atoms with E-state index in [-0.39, 0.29) is 5.92 Å². The molecule has 1 aromatic heterocycles. The van der Waals surface area contributed by atoms with Crippen molar-refractivity contribution in [2.24, 2.45) is 5.92 Å². The third-order valence-corrected chi connectivity index (χ3v) is 5.01. The van der Waals surface area contributed by atoms with Crippen LogP contribution in [0.1, 0.15) is 29.8 Å². The van der Waals surface area contributed by atoms with Crippen molar-refractivity contribution in [3.63, 3.8) is 0 Å². The maximum Gasteiger partial charge on any atom is 0.307 e. The number of fused-ring (bicyclic) bond motifs is 1. The molecule has 120 valence electrons. The van der Waals surface area contributed by atoms with Crippen LogP contribution in [0.4, 0.5) is 0 Å². The highest BCUT2D eigenvalue weighted by Crippen LogP contribution is 2.29. The van der Waals surface area contributed by atoms with E-state index in [1.807, 2.05) is 18.2 Å². The summed E-state index contributed by atoms with van der Waals surface area (Å²) in [4.78, 5) is 13.4. The van der Waals surface area contributed by atoms with Crippen LogP contribution in [-0.2, 0) is 24.2 Å². The SMILES string of the molecule is O=C(O)C1CCN(Cc2nn(-c3ccccc3)c3c2CCC3)C1. The molecule has 2 aromatic rings. The van der Waals surface area contributed by atoms with Crippen LogP contribution < -0.4 is 0 Å². The van der Waals surface area contributed by atoms with E-state index in [1.54, 1.807) is 0 Å². The molecule has 0 saturated carbocycles. The molecular formula is C18H21N3O2. The Balaban J connectivity index is 1.60. The van der Waals surface area contributed by atoms with Crippen LogP contribution in [0.2, 0.25) is 0 Å². The number of aliphatic carboxylic acids is 1. The number of carboxylic acids is 1. The van der Waals surface area contributed by atoms with Crippen molar-refractivity contribution in [3.05, 3.63) is 47.3 Å². The van der Waals surface area contributed by atoms with Crippen molar-refractivity contribution in [3.8, 4) is 5.69 Å².